The van der Waals surface area contributed by atoms with Crippen LogP contribution >= 0.6 is 0 Å². The third-order valence-corrected chi connectivity index (χ3v) is 6.24. The Balaban J connectivity index is 1.95. The summed E-state index contributed by atoms with van der Waals surface area (Å²) in [5.74, 6) is 0.291. The van der Waals surface area contributed by atoms with Gasteiger partial charge in [0, 0.05) is 5.92 Å². The largest absolute Gasteiger partial charge is 0.427 e. The van der Waals surface area contributed by atoms with Crippen molar-refractivity contribution < 1.29 is 9.76 Å². The molecule has 155 valence electrons. The molecule has 3 rings (SSSR count). The molecule has 1 unspecified atom stereocenters. The molecule has 0 aromatic heterocycles. The molecule has 1 radical (unpaired) electrons. The van der Waals surface area contributed by atoms with Crippen molar-refractivity contribution in [3.8, 4) is 11.1 Å². The molecule has 2 nitrogen and oxygen atoms in total. The Kier molecular flexibility index (Phi) is 6.54. The summed E-state index contributed by atoms with van der Waals surface area (Å²) < 4.78 is 5.98. The van der Waals surface area contributed by atoms with Crippen LogP contribution in [-0.4, -0.2) is 23.8 Å². The first-order chi connectivity index (χ1) is 14.1. The number of aliphatic hydroxyl groups is 1. The first kappa shape index (κ1) is 22.3. The van der Waals surface area contributed by atoms with Gasteiger partial charge in [-0.2, -0.15) is 0 Å². The van der Waals surface area contributed by atoms with Crippen molar-refractivity contribution in [3.63, 3.8) is 0 Å². The van der Waals surface area contributed by atoms with Crippen LogP contribution in [0.1, 0.15) is 57.2 Å². The standard InChI is InChI=1S/C27H32BO2/c1-19-16-17-22(28-30-27(5,6)26(3,4)29)18-25(19)24-15-11-10-14-23(24)20(2)21-12-8-7-9-13-21/h7-18,20,29H,1-6H3. The molecular weight excluding hydrogens is 367 g/mol. The van der Waals surface area contributed by atoms with Crippen molar-refractivity contribution in [1.82, 2.24) is 0 Å². The summed E-state index contributed by atoms with van der Waals surface area (Å²) in [6, 6.07) is 25.6. The van der Waals surface area contributed by atoms with Crippen molar-refractivity contribution in [2.24, 2.45) is 0 Å². The second-order valence-corrected chi connectivity index (χ2v) is 9.10. The van der Waals surface area contributed by atoms with Crippen LogP contribution in [-0.2, 0) is 4.65 Å². The van der Waals surface area contributed by atoms with Gasteiger partial charge < -0.3 is 9.76 Å². The van der Waals surface area contributed by atoms with Gasteiger partial charge in [-0.1, -0.05) is 85.2 Å². The monoisotopic (exact) mass is 399 g/mol. The predicted octanol–water partition coefficient (Wildman–Crippen LogP) is 5.62. The molecule has 0 heterocycles. The van der Waals surface area contributed by atoms with Crippen LogP contribution in [0.25, 0.3) is 11.1 Å². The summed E-state index contributed by atoms with van der Waals surface area (Å²) >= 11 is 0. The molecule has 0 fully saturated rings. The average molecular weight is 399 g/mol. The third kappa shape index (κ3) is 4.85. The van der Waals surface area contributed by atoms with Gasteiger partial charge in [0.25, 0.3) is 0 Å². The van der Waals surface area contributed by atoms with Gasteiger partial charge in [-0.15, -0.1) is 0 Å². The van der Waals surface area contributed by atoms with E-state index < -0.39 is 11.2 Å². The second kappa shape index (κ2) is 8.79. The minimum Gasteiger partial charge on any atom is -0.427 e. The van der Waals surface area contributed by atoms with E-state index in [0.717, 1.165) is 5.46 Å². The maximum atomic E-state index is 10.4. The van der Waals surface area contributed by atoms with Crippen LogP contribution in [0.4, 0.5) is 0 Å². The van der Waals surface area contributed by atoms with Crippen LogP contribution in [0.3, 0.4) is 0 Å². The first-order valence-corrected chi connectivity index (χ1v) is 10.6. The van der Waals surface area contributed by atoms with Crippen LogP contribution in [0.2, 0.25) is 0 Å². The van der Waals surface area contributed by atoms with E-state index in [4.69, 9.17) is 4.65 Å². The molecule has 0 bridgehead atoms. The number of aryl methyl sites for hydroxylation is 1. The molecule has 1 N–H and O–H groups in total. The van der Waals surface area contributed by atoms with Crippen LogP contribution < -0.4 is 5.46 Å². The molecule has 0 amide bonds. The Morgan fingerprint density at radius 1 is 0.833 bits per heavy atom. The van der Waals surface area contributed by atoms with Gasteiger partial charge in [0.2, 0.25) is 0 Å². The van der Waals surface area contributed by atoms with E-state index in [1.165, 1.54) is 27.8 Å². The number of hydrogen-bond donors (Lipinski definition) is 1. The lowest BCUT2D eigenvalue weighted by molar-refractivity contribution is -0.0893. The van der Waals surface area contributed by atoms with E-state index in [-0.39, 0.29) is 0 Å². The highest BCUT2D eigenvalue weighted by Gasteiger charge is 2.35. The Labute approximate surface area is 182 Å². The van der Waals surface area contributed by atoms with Gasteiger partial charge in [-0.05, 0) is 62.4 Å². The fourth-order valence-corrected chi connectivity index (χ4v) is 3.40. The molecule has 3 aromatic carbocycles. The quantitative estimate of drug-likeness (QED) is 0.522. The average Bonchev–Trinajstić information content (AvgIpc) is 2.72. The third-order valence-electron chi connectivity index (χ3n) is 6.24. The maximum Gasteiger partial charge on any atom is 0.330 e. The minimum atomic E-state index is -0.950. The summed E-state index contributed by atoms with van der Waals surface area (Å²) in [5.41, 5.74) is 5.61. The summed E-state index contributed by atoms with van der Waals surface area (Å²) in [5, 5.41) is 10.4. The molecule has 0 aliphatic rings. The summed E-state index contributed by atoms with van der Waals surface area (Å²) in [4.78, 5) is 0. The Hall–Kier alpha value is -2.36. The maximum absolute atomic E-state index is 10.4. The molecule has 0 saturated carbocycles. The molecule has 1 atom stereocenters. The van der Waals surface area contributed by atoms with Crippen molar-refractivity contribution in [2.75, 3.05) is 0 Å². The van der Waals surface area contributed by atoms with Gasteiger partial charge in [0.1, 0.15) is 0 Å². The van der Waals surface area contributed by atoms with Gasteiger partial charge in [-0.3, -0.25) is 0 Å². The van der Waals surface area contributed by atoms with E-state index in [0.29, 0.717) is 5.92 Å². The van der Waals surface area contributed by atoms with E-state index >= 15 is 0 Å². The molecule has 0 aliphatic carbocycles. The summed E-state index contributed by atoms with van der Waals surface area (Å²) in [6.45, 7) is 11.7. The zero-order valence-corrected chi connectivity index (χ0v) is 18.9. The van der Waals surface area contributed by atoms with Crippen LogP contribution in [0.15, 0.2) is 72.8 Å². The zero-order valence-electron chi connectivity index (χ0n) is 18.9. The van der Waals surface area contributed by atoms with Crippen molar-refractivity contribution >= 4 is 12.9 Å². The van der Waals surface area contributed by atoms with Gasteiger partial charge in [0.05, 0.1) is 11.2 Å². The molecule has 3 heteroatoms. The molecule has 0 spiro atoms. The fraction of sp³-hybridized carbons (Fsp3) is 0.333. The van der Waals surface area contributed by atoms with E-state index in [1.807, 2.05) is 13.8 Å². The highest BCUT2D eigenvalue weighted by atomic mass is 16.5. The molecule has 0 aliphatic heterocycles. The fourth-order valence-electron chi connectivity index (χ4n) is 3.40. The normalized spacial score (nSPS) is 13.2. The molecular formula is C27H32BO2. The van der Waals surface area contributed by atoms with E-state index in [9.17, 15) is 5.11 Å². The summed E-state index contributed by atoms with van der Waals surface area (Å²) in [7, 11) is 1.75. The van der Waals surface area contributed by atoms with Crippen molar-refractivity contribution in [3.05, 3.63) is 89.5 Å². The minimum absolute atomic E-state index is 0.291. The first-order valence-electron chi connectivity index (χ1n) is 10.6. The lowest BCUT2D eigenvalue weighted by Crippen LogP contribution is -2.49. The van der Waals surface area contributed by atoms with Crippen molar-refractivity contribution in [1.29, 1.82) is 0 Å². The Morgan fingerprint density at radius 3 is 2.13 bits per heavy atom. The van der Waals surface area contributed by atoms with Crippen LogP contribution in [0.5, 0.6) is 0 Å². The predicted molar refractivity (Wildman–Crippen MR) is 127 cm³/mol. The van der Waals surface area contributed by atoms with Gasteiger partial charge >= 0.3 is 7.48 Å². The Morgan fingerprint density at radius 2 is 1.47 bits per heavy atom. The van der Waals surface area contributed by atoms with Gasteiger partial charge in [0.15, 0.2) is 0 Å². The van der Waals surface area contributed by atoms with Crippen LogP contribution in [0, 0.1) is 6.92 Å². The van der Waals surface area contributed by atoms with Gasteiger partial charge in [-0.25, -0.2) is 0 Å². The smallest absolute Gasteiger partial charge is 0.330 e. The van der Waals surface area contributed by atoms with Crippen molar-refractivity contribution in [2.45, 2.75) is 58.7 Å². The highest BCUT2D eigenvalue weighted by Crippen LogP contribution is 2.34. The topological polar surface area (TPSA) is 29.5 Å². The van der Waals surface area contributed by atoms with E-state index in [1.54, 1.807) is 21.3 Å². The lowest BCUT2D eigenvalue weighted by atomic mass is 9.79. The van der Waals surface area contributed by atoms with E-state index in [2.05, 4.69) is 86.6 Å². The SMILES string of the molecule is Cc1ccc([B]OC(C)(C)C(C)(C)O)cc1-c1ccccc1C(C)c1ccccc1. The number of benzene rings is 3. The molecule has 30 heavy (non-hydrogen) atoms. The molecule has 3 aromatic rings. The second-order valence-electron chi connectivity index (χ2n) is 9.10. The number of rotatable bonds is 7. The molecule has 0 saturated heterocycles. The summed E-state index contributed by atoms with van der Waals surface area (Å²) in [6.07, 6.45) is 0. The Bertz CT molecular complexity index is 987. The highest BCUT2D eigenvalue weighted by molar-refractivity contribution is 6.47. The zero-order chi connectivity index (χ0) is 21.9. The lowest BCUT2D eigenvalue weighted by Gasteiger charge is -2.37. The number of hydrogen-bond acceptors (Lipinski definition) is 2.